The zero-order valence-corrected chi connectivity index (χ0v) is 10.9. The Morgan fingerprint density at radius 3 is 2.53 bits per heavy atom. The van der Waals surface area contributed by atoms with E-state index in [-0.39, 0.29) is 5.91 Å². The number of nitrogens with zero attached hydrogens (tertiary/aromatic N) is 3. The van der Waals surface area contributed by atoms with Gasteiger partial charge in [0.15, 0.2) is 0 Å². The molecule has 0 aliphatic rings. The molecule has 1 N–H and O–H groups in total. The molecule has 2 aromatic rings. The fraction of sp³-hybridized carbons (Fsp3) is 0.214. The van der Waals surface area contributed by atoms with Gasteiger partial charge in [-0.05, 0) is 11.6 Å². The van der Waals surface area contributed by atoms with Crippen LogP contribution in [0, 0.1) is 0 Å². The van der Waals surface area contributed by atoms with E-state index in [1.165, 1.54) is 6.33 Å². The minimum Gasteiger partial charge on any atom is -0.355 e. The second-order valence-electron chi connectivity index (χ2n) is 4.32. The van der Waals surface area contributed by atoms with Crippen molar-refractivity contribution in [3.8, 4) is 0 Å². The van der Waals surface area contributed by atoms with Crippen molar-refractivity contribution in [2.75, 3.05) is 19.4 Å². The molecule has 0 aliphatic carbocycles. The number of likely N-dealkylation sites (N-methyl/N-ethyl adjacent to an activating group) is 1. The number of anilines is 1. The Morgan fingerprint density at radius 2 is 1.95 bits per heavy atom. The Kier molecular flexibility index (Phi) is 4.07. The summed E-state index contributed by atoms with van der Waals surface area (Å²) in [6.45, 7) is 0. The largest absolute Gasteiger partial charge is 0.355 e. The third-order valence-electron chi connectivity index (χ3n) is 2.69. The van der Waals surface area contributed by atoms with E-state index in [0.29, 0.717) is 5.82 Å². The Hall–Kier alpha value is -2.43. The standard InChI is InChI=1S/C14H16N4O/c1-18(2)14(19)13(11-6-4-3-5-7-11)17-12-8-9-15-10-16-12/h3-10,13H,1-2H3,(H,15,16,17)/t13-/m0/s1. The maximum atomic E-state index is 12.3. The molecule has 2 rings (SSSR count). The fourth-order valence-electron chi connectivity index (χ4n) is 1.72. The van der Waals surface area contributed by atoms with Crippen LogP contribution in [-0.2, 0) is 4.79 Å². The van der Waals surface area contributed by atoms with Gasteiger partial charge in [0.2, 0.25) is 5.91 Å². The van der Waals surface area contributed by atoms with E-state index in [1.54, 1.807) is 31.3 Å². The molecule has 0 fully saturated rings. The minimum atomic E-state index is -0.453. The van der Waals surface area contributed by atoms with E-state index in [9.17, 15) is 4.79 Å². The minimum absolute atomic E-state index is 0.0233. The molecular weight excluding hydrogens is 240 g/mol. The lowest BCUT2D eigenvalue weighted by Gasteiger charge is -2.22. The average Bonchev–Trinajstić information content (AvgIpc) is 2.46. The lowest BCUT2D eigenvalue weighted by Crippen LogP contribution is -2.32. The van der Waals surface area contributed by atoms with Gasteiger partial charge >= 0.3 is 0 Å². The first kappa shape index (κ1) is 13.0. The number of amides is 1. The maximum Gasteiger partial charge on any atom is 0.249 e. The Labute approximate surface area is 112 Å². The number of hydrogen-bond acceptors (Lipinski definition) is 4. The molecule has 0 spiro atoms. The summed E-state index contributed by atoms with van der Waals surface area (Å²) < 4.78 is 0. The molecule has 1 amide bonds. The molecule has 0 aliphatic heterocycles. The van der Waals surface area contributed by atoms with Gasteiger partial charge in [-0.2, -0.15) is 0 Å². The lowest BCUT2D eigenvalue weighted by molar-refractivity contribution is -0.129. The number of aromatic nitrogens is 2. The smallest absolute Gasteiger partial charge is 0.249 e. The van der Waals surface area contributed by atoms with Crippen LogP contribution in [0.15, 0.2) is 48.9 Å². The number of carbonyl (C=O) groups is 1. The van der Waals surface area contributed by atoms with Gasteiger partial charge in [0.05, 0.1) is 0 Å². The predicted molar refractivity (Wildman–Crippen MR) is 73.5 cm³/mol. The summed E-state index contributed by atoms with van der Waals surface area (Å²) in [5.74, 6) is 0.601. The van der Waals surface area contributed by atoms with Crippen LogP contribution in [0.4, 0.5) is 5.82 Å². The zero-order chi connectivity index (χ0) is 13.7. The molecule has 0 unspecified atom stereocenters. The van der Waals surface area contributed by atoms with Gasteiger partial charge in [-0.25, -0.2) is 9.97 Å². The number of benzene rings is 1. The normalized spacial score (nSPS) is 11.7. The molecular formula is C14H16N4O. The Morgan fingerprint density at radius 1 is 1.21 bits per heavy atom. The van der Waals surface area contributed by atoms with Crippen molar-refractivity contribution in [3.63, 3.8) is 0 Å². The van der Waals surface area contributed by atoms with Crippen LogP contribution in [0.2, 0.25) is 0 Å². The van der Waals surface area contributed by atoms with Crippen molar-refractivity contribution < 1.29 is 4.79 Å². The van der Waals surface area contributed by atoms with Crippen LogP contribution >= 0.6 is 0 Å². The van der Waals surface area contributed by atoms with E-state index in [0.717, 1.165) is 5.56 Å². The molecule has 1 heterocycles. The highest BCUT2D eigenvalue weighted by atomic mass is 16.2. The van der Waals surface area contributed by atoms with E-state index in [1.807, 2.05) is 30.3 Å². The van der Waals surface area contributed by atoms with Gasteiger partial charge < -0.3 is 10.2 Å². The van der Waals surface area contributed by atoms with Gasteiger partial charge in [-0.1, -0.05) is 30.3 Å². The summed E-state index contributed by atoms with van der Waals surface area (Å²) in [7, 11) is 3.47. The van der Waals surface area contributed by atoms with Gasteiger partial charge in [0.25, 0.3) is 0 Å². The highest BCUT2D eigenvalue weighted by molar-refractivity contribution is 5.85. The third-order valence-corrected chi connectivity index (χ3v) is 2.69. The number of nitrogens with one attached hydrogen (secondary N) is 1. The third kappa shape index (κ3) is 3.28. The van der Waals surface area contributed by atoms with E-state index in [2.05, 4.69) is 15.3 Å². The summed E-state index contributed by atoms with van der Waals surface area (Å²) >= 11 is 0. The Bertz CT molecular complexity index is 528. The number of carbonyl (C=O) groups excluding carboxylic acids is 1. The first-order valence-corrected chi connectivity index (χ1v) is 5.97. The highest BCUT2D eigenvalue weighted by Gasteiger charge is 2.22. The second-order valence-corrected chi connectivity index (χ2v) is 4.32. The van der Waals surface area contributed by atoms with Crippen LogP contribution in [0.3, 0.4) is 0 Å². The molecule has 5 heteroatoms. The van der Waals surface area contributed by atoms with Crippen molar-refractivity contribution in [3.05, 3.63) is 54.5 Å². The monoisotopic (exact) mass is 256 g/mol. The lowest BCUT2D eigenvalue weighted by atomic mass is 10.1. The molecule has 1 atom stereocenters. The van der Waals surface area contributed by atoms with Crippen molar-refractivity contribution in [2.45, 2.75) is 6.04 Å². The predicted octanol–water partition coefficient (Wildman–Crippen LogP) is 1.72. The number of rotatable bonds is 4. The topological polar surface area (TPSA) is 58.1 Å². The van der Waals surface area contributed by atoms with E-state index < -0.39 is 6.04 Å². The number of hydrogen-bond donors (Lipinski definition) is 1. The second kappa shape index (κ2) is 5.95. The van der Waals surface area contributed by atoms with Crippen molar-refractivity contribution >= 4 is 11.7 Å². The van der Waals surface area contributed by atoms with Crippen LogP contribution < -0.4 is 5.32 Å². The molecule has 0 saturated carbocycles. The highest BCUT2D eigenvalue weighted by Crippen LogP contribution is 2.19. The summed E-state index contributed by atoms with van der Waals surface area (Å²) in [6, 6.07) is 10.9. The zero-order valence-electron chi connectivity index (χ0n) is 10.9. The first-order valence-electron chi connectivity index (χ1n) is 5.97. The van der Waals surface area contributed by atoms with Gasteiger partial charge in [-0.3, -0.25) is 4.79 Å². The molecule has 0 radical (unpaired) electrons. The van der Waals surface area contributed by atoms with Crippen molar-refractivity contribution in [2.24, 2.45) is 0 Å². The van der Waals surface area contributed by atoms with Crippen LogP contribution in [0.5, 0.6) is 0 Å². The molecule has 98 valence electrons. The van der Waals surface area contributed by atoms with Crippen LogP contribution in [0.1, 0.15) is 11.6 Å². The summed E-state index contributed by atoms with van der Waals surface area (Å²) in [5.41, 5.74) is 0.903. The van der Waals surface area contributed by atoms with Crippen molar-refractivity contribution in [1.29, 1.82) is 0 Å². The van der Waals surface area contributed by atoms with E-state index >= 15 is 0 Å². The summed E-state index contributed by atoms with van der Waals surface area (Å²) in [4.78, 5) is 21.8. The SMILES string of the molecule is CN(C)C(=O)[C@@H](Nc1ccncn1)c1ccccc1. The summed E-state index contributed by atoms with van der Waals surface area (Å²) in [5, 5.41) is 3.13. The molecule has 0 bridgehead atoms. The molecule has 1 aromatic carbocycles. The van der Waals surface area contributed by atoms with Crippen LogP contribution in [-0.4, -0.2) is 34.9 Å². The molecule has 5 nitrogen and oxygen atoms in total. The molecule has 0 saturated heterocycles. The maximum absolute atomic E-state index is 12.3. The Balaban J connectivity index is 2.28. The van der Waals surface area contributed by atoms with Gasteiger partial charge in [0, 0.05) is 20.3 Å². The van der Waals surface area contributed by atoms with Gasteiger partial charge in [0.1, 0.15) is 18.2 Å². The fourth-order valence-corrected chi connectivity index (χ4v) is 1.72. The first-order chi connectivity index (χ1) is 9.18. The molecule has 19 heavy (non-hydrogen) atoms. The quantitative estimate of drug-likeness (QED) is 0.905. The van der Waals surface area contributed by atoms with E-state index in [4.69, 9.17) is 0 Å². The van der Waals surface area contributed by atoms with Crippen LogP contribution in [0.25, 0.3) is 0 Å². The summed E-state index contributed by atoms with van der Waals surface area (Å²) in [6.07, 6.45) is 3.09. The molecule has 1 aromatic heterocycles. The average molecular weight is 256 g/mol. The van der Waals surface area contributed by atoms with Crippen molar-refractivity contribution in [1.82, 2.24) is 14.9 Å². The van der Waals surface area contributed by atoms with Gasteiger partial charge in [-0.15, -0.1) is 0 Å².